The highest BCUT2D eigenvalue weighted by molar-refractivity contribution is 5.94. The Morgan fingerprint density at radius 1 is 1.11 bits per heavy atom. The van der Waals surface area contributed by atoms with Gasteiger partial charge in [0.15, 0.2) is 0 Å². The Morgan fingerprint density at radius 2 is 1.71 bits per heavy atom. The summed E-state index contributed by atoms with van der Waals surface area (Å²) in [7, 11) is 0. The number of nitrogens with one attached hydrogen (secondary N) is 1. The number of rotatable bonds is 4. The number of halogens is 3. The van der Waals surface area contributed by atoms with E-state index in [2.05, 4.69) is 24.1 Å². The fourth-order valence-electron chi connectivity index (χ4n) is 4.38. The Balaban J connectivity index is 1.59. The van der Waals surface area contributed by atoms with Crippen LogP contribution in [0.5, 0.6) is 0 Å². The molecule has 1 saturated carbocycles. The molecule has 4 nitrogen and oxygen atoms in total. The molecule has 4 atom stereocenters. The van der Waals surface area contributed by atoms with Gasteiger partial charge >= 0.3 is 6.18 Å². The van der Waals surface area contributed by atoms with Crippen LogP contribution in [0, 0.1) is 5.92 Å². The third kappa shape index (κ3) is 5.47. The third-order valence-corrected chi connectivity index (χ3v) is 5.62. The van der Waals surface area contributed by atoms with E-state index in [1.807, 2.05) is 12.1 Å². The topological polar surface area (TPSA) is 41.6 Å². The highest BCUT2D eigenvalue weighted by Crippen LogP contribution is 2.37. The molecule has 1 N–H and O–H groups in total. The van der Waals surface area contributed by atoms with Crippen molar-refractivity contribution in [2.24, 2.45) is 5.92 Å². The minimum absolute atomic E-state index is 0.0871. The lowest BCUT2D eigenvalue weighted by atomic mass is 9.84. The molecular formula is C21H29F3N2O2. The first kappa shape index (κ1) is 21.1. The molecule has 156 valence electrons. The molecule has 28 heavy (non-hydrogen) atoms. The molecule has 2 fully saturated rings. The monoisotopic (exact) mass is 398 g/mol. The number of nitrogens with zero attached hydrogens (tertiary/aromatic N) is 1. The molecule has 0 aromatic heterocycles. The van der Waals surface area contributed by atoms with Crippen LogP contribution in [0.1, 0.15) is 55.5 Å². The average Bonchev–Trinajstić information content (AvgIpc) is 2.61. The molecule has 1 aliphatic heterocycles. The zero-order chi connectivity index (χ0) is 20.3. The maximum atomic E-state index is 13.2. The normalized spacial score (nSPS) is 29.5. The van der Waals surface area contributed by atoms with Crippen molar-refractivity contribution in [1.29, 1.82) is 0 Å². The first-order valence-corrected chi connectivity index (χ1v) is 10.1. The number of amides is 1. The van der Waals surface area contributed by atoms with Crippen LogP contribution < -0.4 is 5.32 Å². The fourth-order valence-corrected chi connectivity index (χ4v) is 4.38. The van der Waals surface area contributed by atoms with Gasteiger partial charge in [0.25, 0.3) is 5.91 Å². The molecule has 4 unspecified atom stereocenters. The molecule has 1 aromatic carbocycles. The summed E-state index contributed by atoms with van der Waals surface area (Å²) < 4.78 is 45.4. The Hall–Kier alpha value is -1.60. The predicted molar refractivity (Wildman–Crippen MR) is 101 cm³/mol. The first-order chi connectivity index (χ1) is 13.2. The number of alkyl halides is 3. The summed E-state index contributed by atoms with van der Waals surface area (Å²) in [6, 6.07) is 6.31. The number of carbonyl (C=O) groups is 1. The van der Waals surface area contributed by atoms with Crippen LogP contribution in [-0.4, -0.2) is 48.3 Å². The molecule has 1 aromatic rings. The molecule has 2 aliphatic rings. The van der Waals surface area contributed by atoms with Crippen molar-refractivity contribution in [1.82, 2.24) is 10.2 Å². The highest BCUT2D eigenvalue weighted by Gasteiger charge is 2.46. The lowest BCUT2D eigenvalue weighted by Crippen LogP contribution is -2.47. The van der Waals surface area contributed by atoms with Crippen molar-refractivity contribution in [2.45, 2.75) is 70.5 Å². The zero-order valence-corrected chi connectivity index (χ0v) is 16.5. The summed E-state index contributed by atoms with van der Waals surface area (Å²) in [6.07, 6.45) is -2.16. The van der Waals surface area contributed by atoms with E-state index in [1.54, 1.807) is 12.1 Å². The van der Waals surface area contributed by atoms with Gasteiger partial charge in [-0.3, -0.25) is 9.69 Å². The van der Waals surface area contributed by atoms with Gasteiger partial charge in [0.2, 0.25) is 0 Å². The Bertz CT molecular complexity index is 653. The average molecular weight is 398 g/mol. The van der Waals surface area contributed by atoms with Crippen molar-refractivity contribution < 1.29 is 22.7 Å². The SMILES string of the molecule is CC1CN(Cc2ccc(C(=O)NC3CCCCC3C(F)(F)F)cc2)CC(C)O1. The van der Waals surface area contributed by atoms with Crippen LogP contribution in [0.15, 0.2) is 24.3 Å². The van der Waals surface area contributed by atoms with E-state index in [4.69, 9.17) is 4.74 Å². The Kier molecular flexibility index (Phi) is 6.65. The van der Waals surface area contributed by atoms with Gasteiger partial charge in [0, 0.05) is 31.2 Å². The van der Waals surface area contributed by atoms with Crippen molar-refractivity contribution in [3.8, 4) is 0 Å². The van der Waals surface area contributed by atoms with Gasteiger partial charge in [0.05, 0.1) is 18.1 Å². The van der Waals surface area contributed by atoms with Crippen molar-refractivity contribution >= 4 is 5.91 Å². The number of benzene rings is 1. The molecule has 1 amide bonds. The smallest absolute Gasteiger partial charge is 0.373 e. The van der Waals surface area contributed by atoms with Gasteiger partial charge < -0.3 is 10.1 Å². The molecule has 1 heterocycles. The molecule has 0 bridgehead atoms. The van der Waals surface area contributed by atoms with Gasteiger partial charge in [-0.25, -0.2) is 0 Å². The number of hydrogen-bond acceptors (Lipinski definition) is 3. The maximum absolute atomic E-state index is 13.2. The van der Waals surface area contributed by atoms with E-state index < -0.39 is 24.0 Å². The summed E-state index contributed by atoms with van der Waals surface area (Å²) in [5.74, 6) is -1.88. The first-order valence-electron chi connectivity index (χ1n) is 10.1. The van der Waals surface area contributed by atoms with Gasteiger partial charge in [-0.2, -0.15) is 13.2 Å². The number of morpholine rings is 1. The van der Waals surface area contributed by atoms with Crippen molar-refractivity contribution in [3.63, 3.8) is 0 Å². The zero-order valence-electron chi connectivity index (χ0n) is 16.5. The van der Waals surface area contributed by atoms with Crippen molar-refractivity contribution in [3.05, 3.63) is 35.4 Å². The fraction of sp³-hybridized carbons (Fsp3) is 0.667. The minimum Gasteiger partial charge on any atom is -0.373 e. The molecule has 1 aliphatic carbocycles. The Morgan fingerprint density at radius 3 is 2.32 bits per heavy atom. The van der Waals surface area contributed by atoms with Crippen molar-refractivity contribution in [2.75, 3.05) is 13.1 Å². The molecule has 3 rings (SSSR count). The van der Waals surface area contributed by atoms with Crippen LogP contribution in [0.2, 0.25) is 0 Å². The van der Waals surface area contributed by atoms with Crippen LogP contribution in [0.25, 0.3) is 0 Å². The maximum Gasteiger partial charge on any atom is 0.393 e. The third-order valence-electron chi connectivity index (χ3n) is 5.62. The van der Waals surface area contributed by atoms with Gasteiger partial charge in [-0.1, -0.05) is 25.0 Å². The summed E-state index contributed by atoms with van der Waals surface area (Å²) in [5, 5.41) is 2.62. The molecule has 0 radical (unpaired) electrons. The molecule has 7 heteroatoms. The second-order valence-corrected chi connectivity index (χ2v) is 8.16. The quantitative estimate of drug-likeness (QED) is 0.829. The second-order valence-electron chi connectivity index (χ2n) is 8.16. The van der Waals surface area contributed by atoms with E-state index in [-0.39, 0.29) is 18.6 Å². The second kappa shape index (κ2) is 8.82. The lowest BCUT2D eigenvalue weighted by Gasteiger charge is -2.35. The van der Waals surface area contributed by atoms with E-state index in [0.29, 0.717) is 24.8 Å². The predicted octanol–water partition coefficient (Wildman–Crippen LogP) is 4.15. The van der Waals surface area contributed by atoms with Gasteiger partial charge in [-0.05, 0) is 44.4 Å². The molecule has 0 spiro atoms. The van der Waals surface area contributed by atoms with Crippen LogP contribution in [0.4, 0.5) is 13.2 Å². The van der Waals surface area contributed by atoms with E-state index in [1.165, 1.54) is 0 Å². The largest absolute Gasteiger partial charge is 0.393 e. The lowest BCUT2D eigenvalue weighted by molar-refractivity contribution is -0.187. The molecular weight excluding hydrogens is 369 g/mol. The number of ether oxygens (including phenoxy) is 1. The van der Waals surface area contributed by atoms with E-state index >= 15 is 0 Å². The van der Waals surface area contributed by atoms with E-state index in [0.717, 1.165) is 25.2 Å². The van der Waals surface area contributed by atoms with Crippen LogP contribution in [0.3, 0.4) is 0 Å². The van der Waals surface area contributed by atoms with Crippen LogP contribution >= 0.6 is 0 Å². The Labute approximate surface area is 164 Å². The minimum atomic E-state index is -4.27. The standard InChI is InChI=1S/C21H29F3N2O2/c1-14-11-26(12-15(2)28-14)13-16-7-9-17(10-8-16)20(27)25-19-6-4-3-5-18(19)21(22,23)24/h7-10,14-15,18-19H,3-6,11-13H2,1-2H3,(H,25,27). The van der Waals surface area contributed by atoms with Crippen LogP contribution in [-0.2, 0) is 11.3 Å². The summed E-state index contributed by atoms with van der Waals surface area (Å²) in [6.45, 7) is 6.57. The summed E-state index contributed by atoms with van der Waals surface area (Å²) >= 11 is 0. The molecule has 1 saturated heterocycles. The van der Waals surface area contributed by atoms with E-state index in [9.17, 15) is 18.0 Å². The number of carbonyl (C=O) groups excluding carboxylic acids is 1. The summed E-state index contributed by atoms with van der Waals surface area (Å²) in [5.41, 5.74) is 1.47. The van der Waals surface area contributed by atoms with Gasteiger partial charge in [0.1, 0.15) is 0 Å². The van der Waals surface area contributed by atoms with Gasteiger partial charge in [-0.15, -0.1) is 0 Å². The number of hydrogen-bond donors (Lipinski definition) is 1. The summed E-state index contributed by atoms with van der Waals surface area (Å²) in [4.78, 5) is 14.8. The highest BCUT2D eigenvalue weighted by atomic mass is 19.4.